The van der Waals surface area contributed by atoms with Crippen LogP contribution < -0.4 is 15.4 Å². The normalized spacial score (nSPS) is 17.8. The molecule has 0 saturated heterocycles. The SMILES string of the molecule is O=C1COc2cc3c(cc2N1)[C@@H](c1cccc(Cn2cccn2)c1)CC(=O)N3. The maximum atomic E-state index is 12.3. The number of hydrogen-bond donors (Lipinski definition) is 2. The topological polar surface area (TPSA) is 85.2 Å². The van der Waals surface area contributed by atoms with Gasteiger partial charge in [0.15, 0.2) is 6.61 Å². The first-order chi connectivity index (χ1) is 13.7. The first-order valence-electron chi connectivity index (χ1n) is 9.12. The number of benzene rings is 2. The van der Waals surface area contributed by atoms with E-state index in [1.54, 1.807) is 12.3 Å². The van der Waals surface area contributed by atoms with Gasteiger partial charge >= 0.3 is 0 Å². The van der Waals surface area contributed by atoms with Crippen LogP contribution in [0.2, 0.25) is 0 Å². The van der Waals surface area contributed by atoms with Gasteiger partial charge in [-0.25, -0.2) is 0 Å². The zero-order valence-electron chi connectivity index (χ0n) is 15.0. The lowest BCUT2D eigenvalue weighted by molar-refractivity contribution is -0.119. The molecule has 140 valence electrons. The van der Waals surface area contributed by atoms with Crippen molar-refractivity contribution in [3.05, 3.63) is 71.5 Å². The number of hydrogen-bond acceptors (Lipinski definition) is 4. The highest BCUT2D eigenvalue weighted by molar-refractivity contribution is 5.99. The van der Waals surface area contributed by atoms with E-state index in [4.69, 9.17) is 4.74 Å². The van der Waals surface area contributed by atoms with Crippen LogP contribution in [-0.4, -0.2) is 28.2 Å². The van der Waals surface area contributed by atoms with E-state index in [9.17, 15) is 9.59 Å². The molecule has 0 aliphatic carbocycles. The van der Waals surface area contributed by atoms with Crippen molar-refractivity contribution >= 4 is 23.2 Å². The molecule has 2 aliphatic heterocycles. The Kier molecular flexibility index (Phi) is 3.86. The van der Waals surface area contributed by atoms with Crippen LogP contribution in [0.15, 0.2) is 54.9 Å². The summed E-state index contributed by atoms with van der Waals surface area (Å²) >= 11 is 0. The van der Waals surface area contributed by atoms with Crippen LogP contribution in [-0.2, 0) is 16.1 Å². The Hall–Kier alpha value is -3.61. The summed E-state index contributed by atoms with van der Waals surface area (Å²) in [4.78, 5) is 24.0. The van der Waals surface area contributed by atoms with Gasteiger partial charge in [-0.2, -0.15) is 5.10 Å². The summed E-state index contributed by atoms with van der Waals surface area (Å²) in [5.41, 5.74) is 4.52. The minimum absolute atomic E-state index is 0.0152. The van der Waals surface area contributed by atoms with Crippen molar-refractivity contribution in [3.8, 4) is 5.75 Å². The summed E-state index contributed by atoms with van der Waals surface area (Å²) in [5.74, 6) is 0.275. The molecule has 5 rings (SSSR count). The molecule has 3 aromatic rings. The van der Waals surface area contributed by atoms with Crippen LogP contribution in [0.4, 0.5) is 11.4 Å². The highest BCUT2D eigenvalue weighted by Gasteiger charge is 2.29. The summed E-state index contributed by atoms with van der Waals surface area (Å²) in [6, 6.07) is 13.8. The van der Waals surface area contributed by atoms with E-state index >= 15 is 0 Å². The van der Waals surface area contributed by atoms with Gasteiger partial charge < -0.3 is 15.4 Å². The molecule has 1 atom stereocenters. The number of anilines is 2. The van der Waals surface area contributed by atoms with Crippen LogP contribution in [0.5, 0.6) is 5.75 Å². The van der Waals surface area contributed by atoms with E-state index in [1.807, 2.05) is 35.1 Å². The van der Waals surface area contributed by atoms with Gasteiger partial charge in [-0.05, 0) is 28.8 Å². The average molecular weight is 374 g/mol. The van der Waals surface area contributed by atoms with Crippen LogP contribution in [0, 0.1) is 0 Å². The molecule has 0 unspecified atom stereocenters. The van der Waals surface area contributed by atoms with Gasteiger partial charge in [0.25, 0.3) is 5.91 Å². The van der Waals surface area contributed by atoms with Crippen LogP contribution in [0.3, 0.4) is 0 Å². The molecule has 2 aromatic carbocycles. The maximum absolute atomic E-state index is 12.3. The molecule has 2 amide bonds. The molecule has 0 spiro atoms. The molecule has 2 aliphatic rings. The number of amides is 2. The summed E-state index contributed by atoms with van der Waals surface area (Å²) in [6.07, 6.45) is 4.03. The molecule has 1 aromatic heterocycles. The van der Waals surface area contributed by atoms with Crippen LogP contribution in [0.25, 0.3) is 0 Å². The number of carbonyl (C=O) groups excluding carboxylic acids is 2. The Labute approximate surface area is 161 Å². The second-order valence-corrected chi connectivity index (χ2v) is 7.03. The van der Waals surface area contributed by atoms with E-state index in [-0.39, 0.29) is 24.3 Å². The third-order valence-electron chi connectivity index (χ3n) is 5.08. The molecule has 28 heavy (non-hydrogen) atoms. The molecule has 7 nitrogen and oxygen atoms in total. The average Bonchev–Trinajstić information content (AvgIpc) is 3.19. The van der Waals surface area contributed by atoms with Gasteiger partial charge in [-0.1, -0.05) is 24.3 Å². The first-order valence-corrected chi connectivity index (χ1v) is 9.12. The fourth-order valence-electron chi connectivity index (χ4n) is 3.82. The van der Waals surface area contributed by atoms with Gasteiger partial charge in [0.2, 0.25) is 5.91 Å². The van der Waals surface area contributed by atoms with E-state index in [2.05, 4.69) is 27.9 Å². The zero-order chi connectivity index (χ0) is 19.1. The highest BCUT2D eigenvalue weighted by atomic mass is 16.5. The lowest BCUT2D eigenvalue weighted by atomic mass is 9.83. The summed E-state index contributed by atoms with van der Waals surface area (Å²) in [7, 11) is 0. The Morgan fingerprint density at radius 1 is 1.07 bits per heavy atom. The van der Waals surface area contributed by atoms with Crippen molar-refractivity contribution in [1.29, 1.82) is 0 Å². The summed E-state index contributed by atoms with van der Waals surface area (Å²) in [5, 5.41) is 10.0. The molecule has 0 fully saturated rings. The zero-order valence-corrected chi connectivity index (χ0v) is 15.0. The van der Waals surface area contributed by atoms with Crippen molar-refractivity contribution in [1.82, 2.24) is 9.78 Å². The first kappa shape index (κ1) is 16.6. The van der Waals surface area contributed by atoms with Gasteiger partial charge in [0, 0.05) is 36.5 Å². The molecular weight excluding hydrogens is 356 g/mol. The largest absolute Gasteiger partial charge is 0.482 e. The van der Waals surface area contributed by atoms with Crippen LogP contribution in [0.1, 0.15) is 29.0 Å². The Balaban J connectivity index is 1.53. The monoisotopic (exact) mass is 374 g/mol. The van der Waals surface area contributed by atoms with Crippen molar-refractivity contribution in [2.45, 2.75) is 18.9 Å². The van der Waals surface area contributed by atoms with Crippen molar-refractivity contribution in [2.24, 2.45) is 0 Å². The Morgan fingerprint density at radius 2 is 1.96 bits per heavy atom. The third-order valence-corrected chi connectivity index (χ3v) is 5.08. The molecule has 3 heterocycles. The standard InChI is InChI=1S/C21H18N4O3/c26-20-9-15(14-4-1-3-13(7-14)11-25-6-2-5-22-25)16-8-18-19(10-17(16)23-20)28-12-21(27)24-18/h1-8,10,15H,9,11-12H2,(H,23,26)(H,24,27)/t15-/m1/s1. The van der Waals surface area contributed by atoms with Gasteiger partial charge in [-0.3, -0.25) is 14.3 Å². The van der Waals surface area contributed by atoms with E-state index in [0.29, 0.717) is 24.4 Å². The quantitative estimate of drug-likeness (QED) is 0.738. The Morgan fingerprint density at radius 3 is 2.82 bits per heavy atom. The summed E-state index contributed by atoms with van der Waals surface area (Å²) in [6.45, 7) is 0.652. The molecular formula is C21H18N4O3. The smallest absolute Gasteiger partial charge is 0.262 e. The number of nitrogens with zero attached hydrogens (tertiary/aromatic N) is 2. The molecule has 0 saturated carbocycles. The molecule has 0 radical (unpaired) electrons. The van der Waals surface area contributed by atoms with Crippen LogP contribution >= 0.6 is 0 Å². The second-order valence-electron chi connectivity index (χ2n) is 7.03. The van der Waals surface area contributed by atoms with E-state index < -0.39 is 0 Å². The number of fused-ring (bicyclic) bond motifs is 2. The minimum atomic E-state index is -0.176. The molecule has 2 N–H and O–H groups in total. The number of aromatic nitrogens is 2. The van der Waals surface area contributed by atoms with Crippen molar-refractivity contribution < 1.29 is 14.3 Å². The fourth-order valence-corrected chi connectivity index (χ4v) is 3.82. The number of ether oxygens (including phenoxy) is 1. The predicted molar refractivity (Wildman–Crippen MR) is 103 cm³/mol. The lowest BCUT2D eigenvalue weighted by Crippen LogP contribution is -2.28. The van der Waals surface area contributed by atoms with Gasteiger partial charge in [-0.15, -0.1) is 0 Å². The fraction of sp³-hybridized carbons (Fsp3) is 0.190. The maximum Gasteiger partial charge on any atom is 0.262 e. The third kappa shape index (κ3) is 3.00. The van der Waals surface area contributed by atoms with E-state index in [0.717, 1.165) is 22.4 Å². The second kappa shape index (κ2) is 6.53. The Bertz CT molecular complexity index is 1080. The predicted octanol–water partition coefficient (Wildman–Crippen LogP) is 2.74. The van der Waals surface area contributed by atoms with Crippen molar-refractivity contribution in [3.63, 3.8) is 0 Å². The number of carbonyl (C=O) groups is 2. The number of nitrogens with one attached hydrogen (secondary N) is 2. The van der Waals surface area contributed by atoms with Crippen molar-refractivity contribution in [2.75, 3.05) is 17.2 Å². The van der Waals surface area contributed by atoms with E-state index in [1.165, 1.54) is 0 Å². The molecule has 0 bridgehead atoms. The number of rotatable bonds is 3. The molecule has 7 heteroatoms. The lowest BCUT2D eigenvalue weighted by Gasteiger charge is -2.29. The minimum Gasteiger partial charge on any atom is -0.482 e. The summed E-state index contributed by atoms with van der Waals surface area (Å²) < 4.78 is 7.35. The van der Waals surface area contributed by atoms with Gasteiger partial charge in [0.1, 0.15) is 5.75 Å². The highest BCUT2D eigenvalue weighted by Crippen LogP contribution is 2.43. The van der Waals surface area contributed by atoms with Gasteiger partial charge in [0.05, 0.1) is 12.2 Å².